The van der Waals surface area contributed by atoms with Gasteiger partial charge in [-0.1, -0.05) is 0 Å². The Kier molecular flexibility index (Phi) is 2.19. The van der Waals surface area contributed by atoms with Gasteiger partial charge in [0.1, 0.15) is 6.26 Å². The fourth-order valence-corrected chi connectivity index (χ4v) is 0.768. The van der Waals surface area contributed by atoms with E-state index in [9.17, 15) is 4.39 Å². The van der Waals surface area contributed by atoms with E-state index in [1.165, 1.54) is 20.1 Å². The second-order valence-corrected chi connectivity index (χ2v) is 3.34. The quantitative estimate of drug-likeness (QED) is 0.741. The smallest absolute Gasteiger partial charge is 0.231 e. The fourth-order valence-electron chi connectivity index (χ4n) is 0.768. The van der Waals surface area contributed by atoms with Crippen molar-refractivity contribution in [3.05, 3.63) is 17.8 Å². The molecule has 0 aliphatic carbocycles. The van der Waals surface area contributed by atoms with Crippen molar-refractivity contribution in [2.75, 3.05) is 0 Å². The first-order valence-electron chi connectivity index (χ1n) is 3.81. The number of hydrogen-bond acceptors (Lipinski definition) is 3. The van der Waals surface area contributed by atoms with Crippen molar-refractivity contribution < 1.29 is 8.81 Å². The van der Waals surface area contributed by atoms with E-state index in [1.807, 2.05) is 0 Å². The van der Waals surface area contributed by atoms with E-state index in [2.05, 4.69) is 4.98 Å². The molecule has 0 aliphatic rings. The minimum absolute atomic E-state index is 0.0785. The lowest BCUT2D eigenvalue weighted by Crippen LogP contribution is -2.11. The van der Waals surface area contributed by atoms with E-state index in [0.717, 1.165) is 0 Å². The van der Waals surface area contributed by atoms with Crippen LogP contribution in [0.1, 0.15) is 38.4 Å². The number of nitrogens with zero attached hydrogens (tertiary/aromatic N) is 1. The van der Waals surface area contributed by atoms with Gasteiger partial charge in [0.15, 0.2) is 5.67 Å². The van der Waals surface area contributed by atoms with Crippen LogP contribution in [0.15, 0.2) is 10.7 Å². The predicted molar refractivity (Wildman–Crippen MR) is 43.2 cm³/mol. The Labute approximate surface area is 70.8 Å². The third-order valence-electron chi connectivity index (χ3n) is 1.50. The summed E-state index contributed by atoms with van der Waals surface area (Å²) >= 11 is 0. The standard InChI is InChI=1S/C8H13FN2O/c1-5(10)6-4-12-7(11-6)8(2,3)9/h4-5H,10H2,1-3H3. The van der Waals surface area contributed by atoms with E-state index in [0.29, 0.717) is 5.69 Å². The van der Waals surface area contributed by atoms with E-state index >= 15 is 0 Å². The van der Waals surface area contributed by atoms with Gasteiger partial charge >= 0.3 is 0 Å². The summed E-state index contributed by atoms with van der Waals surface area (Å²) in [5.74, 6) is 0.0785. The van der Waals surface area contributed by atoms with E-state index < -0.39 is 5.67 Å². The van der Waals surface area contributed by atoms with Crippen molar-refractivity contribution in [1.29, 1.82) is 0 Å². The first kappa shape index (κ1) is 9.19. The molecule has 0 radical (unpaired) electrons. The minimum Gasteiger partial charge on any atom is -0.445 e. The minimum atomic E-state index is -1.53. The van der Waals surface area contributed by atoms with Crippen LogP contribution >= 0.6 is 0 Å². The van der Waals surface area contributed by atoms with Crippen LogP contribution in [-0.4, -0.2) is 4.98 Å². The van der Waals surface area contributed by atoms with E-state index in [1.54, 1.807) is 6.92 Å². The Morgan fingerprint density at radius 3 is 2.50 bits per heavy atom. The van der Waals surface area contributed by atoms with Crippen molar-refractivity contribution in [2.24, 2.45) is 5.73 Å². The molecular weight excluding hydrogens is 159 g/mol. The number of alkyl halides is 1. The molecule has 12 heavy (non-hydrogen) atoms. The van der Waals surface area contributed by atoms with Crippen LogP contribution in [0.2, 0.25) is 0 Å². The molecule has 1 aromatic rings. The summed E-state index contributed by atoms with van der Waals surface area (Å²) in [5, 5.41) is 0. The number of halogens is 1. The summed E-state index contributed by atoms with van der Waals surface area (Å²) in [6.07, 6.45) is 1.39. The van der Waals surface area contributed by atoms with Crippen molar-refractivity contribution in [1.82, 2.24) is 4.98 Å². The molecule has 1 heterocycles. The molecule has 1 rings (SSSR count). The second-order valence-electron chi connectivity index (χ2n) is 3.34. The van der Waals surface area contributed by atoms with Crippen LogP contribution in [0.3, 0.4) is 0 Å². The molecule has 0 saturated heterocycles. The SMILES string of the molecule is CC(N)c1coc(C(C)(C)F)n1. The fraction of sp³-hybridized carbons (Fsp3) is 0.625. The topological polar surface area (TPSA) is 52.0 Å². The third kappa shape index (κ3) is 1.82. The van der Waals surface area contributed by atoms with Gasteiger partial charge in [-0.15, -0.1) is 0 Å². The maximum absolute atomic E-state index is 13.2. The predicted octanol–water partition coefficient (Wildman–Crippen LogP) is 1.90. The number of oxazole rings is 1. The zero-order valence-electron chi connectivity index (χ0n) is 7.47. The molecule has 0 fully saturated rings. The summed E-state index contributed by atoms with van der Waals surface area (Å²) in [6.45, 7) is 4.56. The maximum Gasteiger partial charge on any atom is 0.231 e. The highest BCUT2D eigenvalue weighted by Crippen LogP contribution is 2.24. The van der Waals surface area contributed by atoms with Gasteiger partial charge in [-0.05, 0) is 20.8 Å². The normalized spacial score (nSPS) is 14.8. The van der Waals surface area contributed by atoms with Crippen LogP contribution in [0, 0.1) is 0 Å². The number of aromatic nitrogens is 1. The largest absolute Gasteiger partial charge is 0.445 e. The van der Waals surface area contributed by atoms with E-state index in [4.69, 9.17) is 10.2 Å². The molecule has 1 atom stereocenters. The first-order chi connectivity index (χ1) is 5.41. The third-order valence-corrected chi connectivity index (χ3v) is 1.50. The zero-order valence-corrected chi connectivity index (χ0v) is 7.47. The van der Waals surface area contributed by atoms with Crippen LogP contribution in [-0.2, 0) is 5.67 Å². The van der Waals surface area contributed by atoms with Gasteiger partial charge in [0, 0.05) is 6.04 Å². The Morgan fingerprint density at radius 1 is 1.67 bits per heavy atom. The molecule has 4 heteroatoms. The van der Waals surface area contributed by atoms with Gasteiger partial charge in [0.25, 0.3) is 0 Å². The molecule has 3 nitrogen and oxygen atoms in total. The monoisotopic (exact) mass is 172 g/mol. The Hall–Kier alpha value is -0.900. The molecule has 0 bridgehead atoms. The highest BCUT2D eigenvalue weighted by Gasteiger charge is 2.25. The summed E-state index contributed by atoms with van der Waals surface area (Å²) in [6, 6.07) is -0.218. The van der Waals surface area contributed by atoms with Gasteiger partial charge in [0.05, 0.1) is 5.69 Å². The van der Waals surface area contributed by atoms with Crippen molar-refractivity contribution in [2.45, 2.75) is 32.5 Å². The highest BCUT2D eigenvalue weighted by molar-refractivity contribution is 5.04. The first-order valence-corrected chi connectivity index (χ1v) is 3.81. The van der Waals surface area contributed by atoms with Crippen LogP contribution in [0.4, 0.5) is 4.39 Å². The van der Waals surface area contributed by atoms with Crippen LogP contribution in [0.25, 0.3) is 0 Å². The summed E-state index contributed by atoms with van der Waals surface area (Å²) in [7, 11) is 0. The summed E-state index contributed by atoms with van der Waals surface area (Å²) in [5.41, 5.74) is 4.57. The lowest BCUT2D eigenvalue weighted by Gasteiger charge is -2.07. The average molecular weight is 172 g/mol. The summed E-state index contributed by atoms with van der Waals surface area (Å²) < 4.78 is 18.1. The molecule has 0 saturated carbocycles. The maximum atomic E-state index is 13.2. The molecule has 68 valence electrons. The second kappa shape index (κ2) is 2.86. The van der Waals surface area contributed by atoms with E-state index in [-0.39, 0.29) is 11.9 Å². The van der Waals surface area contributed by atoms with Gasteiger partial charge in [-0.25, -0.2) is 9.37 Å². The molecule has 0 amide bonds. The van der Waals surface area contributed by atoms with Gasteiger partial charge in [0.2, 0.25) is 5.89 Å². The molecular formula is C8H13FN2O. The molecule has 0 aromatic carbocycles. The zero-order chi connectivity index (χ0) is 9.35. The molecule has 1 unspecified atom stereocenters. The van der Waals surface area contributed by atoms with Crippen molar-refractivity contribution in [3.63, 3.8) is 0 Å². The Balaban J connectivity index is 2.92. The van der Waals surface area contributed by atoms with Gasteiger partial charge < -0.3 is 10.2 Å². The molecule has 0 aliphatic heterocycles. The number of hydrogen-bond donors (Lipinski definition) is 1. The van der Waals surface area contributed by atoms with Crippen LogP contribution < -0.4 is 5.73 Å². The Morgan fingerprint density at radius 2 is 2.25 bits per heavy atom. The van der Waals surface area contributed by atoms with Gasteiger partial charge in [-0.3, -0.25) is 0 Å². The average Bonchev–Trinajstić information content (AvgIpc) is 2.30. The lowest BCUT2D eigenvalue weighted by molar-refractivity contribution is 0.170. The molecule has 0 spiro atoms. The number of nitrogens with two attached hydrogens (primary N) is 1. The summed E-state index contributed by atoms with van der Waals surface area (Å²) in [4.78, 5) is 3.91. The lowest BCUT2D eigenvalue weighted by atomic mass is 10.2. The highest BCUT2D eigenvalue weighted by atomic mass is 19.1. The molecule has 1 aromatic heterocycles. The van der Waals surface area contributed by atoms with Crippen LogP contribution in [0.5, 0.6) is 0 Å². The van der Waals surface area contributed by atoms with Crippen molar-refractivity contribution >= 4 is 0 Å². The van der Waals surface area contributed by atoms with Gasteiger partial charge in [-0.2, -0.15) is 0 Å². The van der Waals surface area contributed by atoms with Crippen molar-refractivity contribution in [3.8, 4) is 0 Å². The molecule has 2 N–H and O–H groups in total. The Bertz CT molecular complexity index is 262. The number of rotatable bonds is 2.